The molecule has 2 saturated heterocycles. The molecule has 1 N–H and O–H groups in total. The second-order valence-electron chi connectivity index (χ2n) is 7.21. The molecule has 4 rings (SSSR count). The van der Waals surface area contributed by atoms with Crippen LogP contribution in [-0.2, 0) is 16.1 Å². The molecule has 2 aliphatic rings. The number of aromatic nitrogens is 2. The van der Waals surface area contributed by atoms with E-state index in [4.69, 9.17) is 9.15 Å². The van der Waals surface area contributed by atoms with Crippen molar-refractivity contribution in [3.63, 3.8) is 0 Å². The molecule has 1 amide bonds. The quantitative estimate of drug-likeness (QED) is 0.905. The van der Waals surface area contributed by atoms with Crippen molar-refractivity contribution < 1.29 is 13.9 Å². The number of ether oxygens (including phenoxy) is 1. The number of carbonyl (C=O) groups is 1. The molecule has 7 heteroatoms. The van der Waals surface area contributed by atoms with Crippen molar-refractivity contribution in [1.29, 1.82) is 0 Å². The van der Waals surface area contributed by atoms with Gasteiger partial charge in [-0.25, -0.2) is 4.98 Å². The van der Waals surface area contributed by atoms with Crippen LogP contribution >= 0.6 is 0 Å². The maximum absolute atomic E-state index is 12.4. The molecule has 3 atom stereocenters. The maximum Gasteiger partial charge on any atom is 0.254 e. The van der Waals surface area contributed by atoms with E-state index in [0.29, 0.717) is 11.7 Å². The lowest BCUT2D eigenvalue weighted by molar-refractivity contribution is -0.127. The lowest BCUT2D eigenvalue weighted by atomic mass is 9.91. The number of amides is 1. The summed E-state index contributed by atoms with van der Waals surface area (Å²) in [7, 11) is 0. The van der Waals surface area contributed by atoms with E-state index in [-0.39, 0.29) is 12.0 Å². The third-order valence-electron chi connectivity index (χ3n) is 5.34. The van der Waals surface area contributed by atoms with E-state index >= 15 is 0 Å². The highest BCUT2D eigenvalue weighted by atomic mass is 16.5. The summed E-state index contributed by atoms with van der Waals surface area (Å²) in [6.07, 6.45) is 6.16. The minimum Gasteiger partial charge on any atom is -0.465 e. The van der Waals surface area contributed by atoms with Crippen LogP contribution in [0.15, 0.2) is 29.1 Å². The first kappa shape index (κ1) is 17.2. The molecule has 0 unspecified atom stereocenters. The summed E-state index contributed by atoms with van der Waals surface area (Å²) in [5.41, 5.74) is 1.19. The average molecular weight is 356 g/mol. The highest BCUT2D eigenvalue weighted by Gasteiger charge is 2.42. The molecule has 0 saturated carbocycles. The van der Waals surface area contributed by atoms with Crippen LogP contribution in [0.1, 0.15) is 29.9 Å². The third kappa shape index (κ3) is 3.64. The molecular weight excluding hydrogens is 332 g/mol. The van der Waals surface area contributed by atoms with Gasteiger partial charge < -0.3 is 14.5 Å². The first-order valence-electron chi connectivity index (χ1n) is 9.09. The van der Waals surface area contributed by atoms with E-state index in [0.717, 1.165) is 44.0 Å². The van der Waals surface area contributed by atoms with Gasteiger partial charge in [-0.3, -0.25) is 14.7 Å². The van der Waals surface area contributed by atoms with E-state index in [1.165, 1.54) is 11.8 Å². The van der Waals surface area contributed by atoms with Gasteiger partial charge in [0.25, 0.3) is 5.91 Å². The Morgan fingerprint density at radius 1 is 1.38 bits per heavy atom. The maximum atomic E-state index is 12.4. The summed E-state index contributed by atoms with van der Waals surface area (Å²) in [5, 5.41) is 2.79. The van der Waals surface area contributed by atoms with Crippen molar-refractivity contribution >= 4 is 11.7 Å². The van der Waals surface area contributed by atoms with Gasteiger partial charge in [0.15, 0.2) is 5.82 Å². The summed E-state index contributed by atoms with van der Waals surface area (Å²) in [4.78, 5) is 22.8. The van der Waals surface area contributed by atoms with Crippen LogP contribution in [0, 0.1) is 19.8 Å². The Bertz CT molecular complexity index is 757. The van der Waals surface area contributed by atoms with E-state index in [1.54, 1.807) is 12.4 Å². The lowest BCUT2D eigenvalue weighted by Gasteiger charge is -2.33. The van der Waals surface area contributed by atoms with Crippen LogP contribution in [0.2, 0.25) is 0 Å². The van der Waals surface area contributed by atoms with Gasteiger partial charge in [0.1, 0.15) is 17.6 Å². The Morgan fingerprint density at radius 3 is 3.00 bits per heavy atom. The predicted molar refractivity (Wildman–Crippen MR) is 95.5 cm³/mol. The molecule has 0 aliphatic carbocycles. The van der Waals surface area contributed by atoms with Gasteiger partial charge in [0.2, 0.25) is 0 Å². The first-order valence-corrected chi connectivity index (χ1v) is 9.09. The van der Waals surface area contributed by atoms with Gasteiger partial charge >= 0.3 is 0 Å². The average Bonchev–Trinajstić information content (AvgIpc) is 3.19. The largest absolute Gasteiger partial charge is 0.465 e. The zero-order valence-electron chi connectivity index (χ0n) is 15.1. The van der Waals surface area contributed by atoms with Crippen molar-refractivity contribution in [2.45, 2.75) is 45.4 Å². The molecule has 2 fully saturated rings. The van der Waals surface area contributed by atoms with Gasteiger partial charge in [0, 0.05) is 18.9 Å². The van der Waals surface area contributed by atoms with Crippen molar-refractivity contribution in [2.75, 3.05) is 18.4 Å². The molecular formula is C19H24N4O3. The minimum absolute atomic E-state index is 0.0958. The monoisotopic (exact) mass is 356 g/mol. The Labute approximate surface area is 152 Å². The fraction of sp³-hybridized carbons (Fsp3) is 0.526. The zero-order valence-corrected chi connectivity index (χ0v) is 15.1. The normalized spacial score (nSPS) is 25.8. The summed E-state index contributed by atoms with van der Waals surface area (Å²) in [5.74, 6) is 2.73. The van der Waals surface area contributed by atoms with Crippen molar-refractivity contribution in [1.82, 2.24) is 14.9 Å². The first-order chi connectivity index (χ1) is 12.6. The Kier molecular flexibility index (Phi) is 4.74. The predicted octanol–water partition coefficient (Wildman–Crippen LogP) is 2.30. The van der Waals surface area contributed by atoms with Crippen LogP contribution in [0.25, 0.3) is 0 Å². The number of fused-ring (bicyclic) bond motifs is 1. The molecule has 138 valence electrons. The molecule has 2 aromatic rings. The number of nitrogens with zero attached hydrogens (tertiary/aromatic N) is 3. The highest BCUT2D eigenvalue weighted by molar-refractivity contribution is 5.93. The van der Waals surface area contributed by atoms with E-state index in [2.05, 4.69) is 33.2 Å². The number of rotatable bonds is 4. The fourth-order valence-corrected chi connectivity index (χ4v) is 3.83. The van der Waals surface area contributed by atoms with Gasteiger partial charge in [-0.1, -0.05) is 0 Å². The van der Waals surface area contributed by atoms with Gasteiger partial charge in [-0.05, 0) is 50.8 Å². The summed E-state index contributed by atoms with van der Waals surface area (Å²) in [6.45, 7) is 6.68. The molecule has 7 nitrogen and oxygen atoms in total. The summed E-state index contributed by atoms with van der Waals surface area (Å²) < 4.78 is 11.9. The van der Waals surface area contributed by atoms with Gasteiger partial charge in [-0.15, -0.1) is 0 Å². The SMILES string of the molecule is Cc1cc(CN2CC[C@H]3C[C@@H](C(=O)Nc4cnccn4)O[C@H]3C2)oc1C. The number of hydrogen-bond acceptors (Lipinski definition) is 6. The van der Waals surface area contributed by atoms with Crippen molar-refractivity contribution in [3.05, 3.63) is 41.7 Å². The van der Waals surface area contributed by atoms with Crippen LogP contribution in [0.3, 0.4) is 0 Å². The molecule has 0 radical (unpaired) electrons. The Balaban J connectivity index is 1.33. The number of nitrogens with one attached hydrogen (secondary N) is 1. The topological polar surface area (TPSA) is 80.5 Å². The Morgan fingerprint density at radius 2 is 2.27 bits per heavy atom. The zero-order chi connectivity index (χ0) is 18.1. The van der Waals surface area contributed by atoms with Crippen LogP contribution in [-0.4, -0.2) is 46.1 Å². The third-order valence-corrected chi connectivity index (χ3v) is 5.34. The van der Waals surface area contributed by atoms with Gasteiger partial charge in [-0.2, -0.15) is 0 Å². The molecule has 2 aliphatic heterocycles. The fourth-order valence-electron chi connectivity index (χ4n) is 3.83. The number of anilines is 1. The number of aryl methyl sites for hydroxylation is 2. The summed E-state index contributed by atoms with van der Waals surface area (Å²) in [6, 6.07) is 2.11. The van der Waals surface area contributed by atoms with Crippen molar-refractivity contribution in [3.8, 4) is 0 Å². The second-order valence-corrected chi connectivity index (χ2v) is 7.21. The summed E-state index contributed by atoms with van der Waals surface area (Å²) >= 11 is 0. The van der Waals surface area contributed by atoms with Gasteiger partial charge in [0.05, 0.1) is 18.8 Å². The molecule has 0 bridgehead atoms. The smallest absolute Gasteiger partial charge is 0.254 e. The lowest BCUT2D eigenvalue weighted by Crippen LogP contribution is -2.41. The van der Waals surface area contributed by atoms with Crippen LogP contribution in [0.4, 0.5) is 5.82 Å². The van der Waals surface area contributed by atoms with Crippen LogP contribution in [0.5, 0.6) is 0 Å². The van der Waals surface area contributed by atoms with Crippen molar-refractivity contribution in [2.24, 2.45) is 5.92 Å². The van der Waals surface area contributed by atoms with E-state index in [9.17, 15) is 4.79 Å². The standard InChI is InChI=1S/C19H24N4O3/c1-12-7-15(25-13(12)2)10-23-6-3-14-8-16(26-17(14)11-23)19(24)22-18-9-20-4-5-21-18/h4-5,7,9,14,16-17H,3,6,8,10-11H2,1-2H3,(H,21,22,24)/t14-,16-,17-/m0/s1. The second kappa shape index (κ2) is 7.17. The molecule has 0 spiro atoms. The molecule has 2 aromatic heterocycles. The number of furan rings is 1. The minimum atomic E-state index is -0.417. The molecule has 0 aromatic carbocycles. The number of likely N-dealkylation sites (tertiary alicyclic amines) is 1. The van der Waals surface area contributed by atoms with Crippen LogP contribution < -0.4 is 5.32 Å². The highest BCUT2D eigenvalue weighted by Crippen LogP contribution is 2.34. The number of hydrogen-bond donors (Lipinski definition) is 1. The number of carbonyl (C=O) groups excluding carboxylic acids is 1. The van der Waals surface area contributed by atoms with E-state index < -0.39 is 6.10 Å². The van der Waals surface area contributed by atoms with E-state index in [1.807, 2.05) is 6.92 Å². The Hall–Kier alpha value is -2.25. The molecule has 26 heavy (non-hydrogen) atoms. The number of piperidine rings is 1. The molecule has 4 heterocycles.